The van der Waals surface area contributed by atoms with E-state index in [4.69, 9.17) is 11.6 Å². The Kier molecular flexibility index (Phi) is 5.58. The van der Waals surface area contributed by atoms with Crippen molar-refractivity contribution in [2.45, 2.75) is 13.3 Å². The molecular formula is C16H18ClN3O. The van der Waals surface area contributed by atoms with E-state index in [9.17, 15) is 4.79 Å². The highest BCUT2D eigenvalue weighted by atomic mass is 35.5. The molecule has 0 spiro atoms. The van der Waals surface area contributed by atoms with Crippen LogP contribution in [-0.2, 0) is 6.42 Å². The van der Waals surface area contributed by atoms with Crippen molar-refractivity contribution >= 4 is 23.3 Å². The van der Waals surface area contributed by atoms with Gasteiger partial charge < -0.3 is 10.2 Å². The Bertz CT molecular complexity index is 572. The molecule has 2 aromatic rings. The summed E-state index contributed by atoms with van der Waals surface area (Å²) in [7, 11) is 0. The van der Waals surface area contributed by atoms with Crippen LogP contribution in [0.4, 0.5) is 10.5 Å². The van der Waals surface area contributed by atoms with Gasteiger partial charge in [0.1, 0.15) is 0 Å². The second-order valence-corrected chi connectivity index (χ2v) is 5.06. The van der Waals surface area contributed by atoms with Crippen molar-refractivity contribution in [3.63, 3.8) is 0 Å². The number of urea groups is 1. The predicted molar refractivity (Wildman–Crippen MR) is 85.7 cm³/mol. The highest BCUT2D eigenvalue weighted by molar-refractivity contribution is 6.30. The molecule has 21 heavy (non-hydrogen) atoms. The first-order valence-electron chi connectivity index (χ1n) is 6.89. The Morgan fingerprint density at radius 1 is 1.19 bits per heavy atom. The van der Waals surface area contributed by atoms with Crippen LogP contribution in [0.5, 0.6) is 0 Å². The summed E-state index contributed by atoms with van der Waals surface area (Å²) in [6.45, 7) is 3.29. The second kappa shape index (κ2) is 7.64. The van der Waals surface area contributed by atoms with Gasteiger partial charge in [-0.05, 0) is 55.3 Å². The van der Waals surface area contributed by atoms with Gasteiger partial charge in [0.05, 0.1) is 0 Å². The predicted octanol–water partition coefficient (Wildman–Crippen LogP) is 3.83. The molecule has 0 atom stereocenters. The number of carbonyl (C=O) groups is 1. The zero-order valence-electron chi connectivity index (χ0n) is 11.9. The van der Waals surface area contributed by atoms with Gasteiger partial charge in [0.25, 0.3) is 0 Å². The Morgan fingerprint density at radius 3 is 2.48 bits per heavy atom. The van der Waals surface area contributed by atoms with Crippen LogP contribution in [-0.4, -0.2) is 29.0 Å². The highest BCUT2D eigenvalue weighted by Crippen LogP contribution is 2.14. The fourth-order valence-electron chi connectivity index (χ4n) is 1.95. The fraction of sp³-hybridized carbons (Fsp3) is 0.250. The van der Waals surface area contributed by atoms with Crippen molar-refractivity contribution in [1.29, 1.82) is 0 Å². The maximum absolute atomic E-state index is 12.2. The number of hydrogen-bond acceptors (Lipinski definition) is 2. The first-order valence-corrected chi connectivity index (χ1v) is 7.27. The minimum absolute atomic E-state index is 0.103. The van der Waals surface area contributed by atoms with Crippen molar-refractivity contribution in [1.82, 2.24) is 9.88 Å². The monoisotopic (exact) mass is 303 g/mol. The molecule has 110 valence electrons. The van der Waals surface area contributed by atoms with Gasteiger partial charge in [-0.1, -0.05) is 11.6 Å². The second-order valence-electron chi connectivity index (χ2n) is 4.62. The van der Waals surface area contributed by atoms with Crippen LogP contribution in [0, 0.1) is 0 Å². The first-order chi connectivity index (χ1) is 10.2. The summed E-state index contributed by atoms with van der Waals surface area (Å²) in [5.41, 5.74) is 1.91. The number of nitrogens with one attached hydrogen (secondary N) is 1. The van der Waals surface area contributed by atoms with Crippen molar-refractivity contribution in [3.8, 4) is 0 Å². The van der Waals surface area contributed by atoms with E-state index in [1.165, 1.54) is 5.56 Å². The molecule has 0 bridgehead atoms. The molecular weight excluding hydrogens is 286 g/mol. The SMILES string of the molecule is CCN(CCc1ccncc1)C(=O)Nc1ccc(Cl)cc1. The third kappa shape index (κ3) is 4.76. The molecule has 1 aromatic carbocycles. The molecule has 0 aliphatic heterocycles. The lowest BCUT2D eigenvalue weighted by molar-refractivity contribution is 0.215. The van der Waals surface area contributed by atoms with E-state index < -0.39 is 0 Å². The van der Waals surface area contributed by atoms with Crippen LogP contribution in [0.3, 0.4) is 0 Å². The third-order valence-corrected chi connectivity index (χ3v) is 3.44. The average molecular weight is 304 g/mol. The standard InChI is InChI=1S/C16H18ClN3O/c1-2-20(12-9-13-7-10-18-11-8-13)16(21)19-15-5-3-14(17)4-6-15/h3-8,10-11H,2,9,12H2,1H3,(H,19,21). The molecule has 4 nitrogen and oxygen atoms in total. The van der Waals surface area contributed by atoms with Crippen LogP contribution in [0.15, 0.2) is 48.8 Å². The molecule has 0 unspecified atom stereocenters. The number of benzene rings is 1. The minimum Gasteiger partial charge on any atom is -0.324 e. The van der Waals surface area contributed by atoms with Gasteiger partial charge in [0.15, 0.2) is 0 Å². The Morgan fingerprint density at radius 2 is 1.86 bits per heavy atom. The van der Waals surface area contributed by atoms with Crippen LogP contribution in [0.25, 0.3) is 0 Å². The van der Waals surface area contributed by atoms with Gasteiger partial charge >= 0.3 is 6.03 Å². The number of anilines is 1. The lowest BCUT2D eigenvalue weighted by Crippen LogP contribution is -2.36. The van der Waals surface area contributed by atoms with Crippen LogP contribution in [0.1, 0.15) is 12.5 Å². The summed E-state index contributed by atoms with van der Waals surface area (Å²) >= 11 is 5.83. The van der Waals surface area contributed by atoms with Crippen LogP contribution in [0.2, 0.25) is 5.02 Å². The molecule has 1 N–H and O–H groups in total. The zero-order valence-corrected chi connectivity index (χ0v) is 12.7. The van der Waals surface area contributed by atoms with Crippen molar-refractivity contribution in [2.75, 3.05) is 18.4 Å². The number of rotatable bonds is 5. The summed E-state index contributed by atoms with van der Waals surface area (Å²) < 4.78 is 0. The van der Waals surface area contributed by atoms with Gasteiger partial charge in [0, 0.05) is 36.2 Å². The zero-order chi connectivity index (χ0) is 15.1. The van der Waals surface area contributed by atoms with Crippen LogP contribution < -0.4 is 5.32 Å². The number of hydrogen-bond donors (Lipinski definition) is 1. The van der Waals surface area contributed by atoms with Gasteiger partial charge in [-0.25, -0.2) is 4.79 Å². The summed E-state index contributed by atoms with van der Waals surface area (Å²) in [6.07, 6.45) is 4.34. The van der Waals surface area contributed by atoms with E-state index in [2.05, 4.69) is 10.3 Å². The molecule has 0 aliphatic rings. The summed E-state index contributed by atoms with van der Waals surface area (Å²) in [5, 5.41) is 3.52. The van der Waals surface area contributed by atoms with E-state index in [1.807, 2.05) is 19.1 Å². The number of nitrogens with zero attached hydrogens (tertiary/aromatic N) is 2. The molecule has 1 aromatic heterocycles. The summed E-state index contributed by atoms with van der Waals surface area (Å²) in [5.74, 6) is 0. The molecule has 1 heterocycles. The normalized spacial score (nSPS) is 10.2. The van der Waals surface area contributed by atoms with E-state index in [1.54, 1.807) is 41.6 Å². The Labute approximate surface area is 129 Å². The first kappa shape index (κ1) is 15.3. The molecule has 5 heteroatoms. The largest absolute Gasteiger partial charge is 0.324 e. The van der Waals surface area contributed by atoms with Gasteiger partial charge in [-0.3, -0.25) is 4.98 Å². The minimum atomic E-state index is -0.103. The number of amides is 2. The number of halogens is 1. The number of pyridine rings is 1. The fourth-order valence-corrected chi connectivity index (χ4v) is 2.08. The van der Waals surface area contributed by atoms with E-state index >= 15 is 0 Å². The van der Waals surface area contributed by atoms with Crippen LogP contribution >= 0.6 is 11.6 Å². The number of aromatic nitrogens is 1. The molecule has 0 radical (unpaired) electrons. The molecule has 0 aliphatic carbocycles. The highest BCUT2D eigenvalue weighted by Gasteiger charge is 2.11. The van der Waals surface area contributed by atoms with E-state index in [0.717, 1.165) is 12.1 Å². The average Bonchev–Trinajstić information content (AvgIpc) is 2.51. The van der Waals surface area contributed by atoms with Crippen molar-refractivity contribution < 1.29 is 4.79 Å². The topological polar surface area (TPSA) is 45.2 Å². The quantitative estimate of drug-likeness (QED) is 0.912. The maximum atomic E-state index is 12.2. The maximum Gasteiger partial charge on any atom is 0.321 e. The Balaban J connectivity index is 1.90. The molecule has 0 fully saturated rings. The summed E-state index contributed by atoms with van der Waals surface area (Å²) in [4.78, 5) is 18.0. The van der Waals surface area contributed by atoms with Crippen molar-refractivity contribution in [2.24, 2.45) is 0 Å². The van der Waals surface area contributed by atoms with Crippen molar-refractivity contribution in [3.05, 3.63) is 59.4 Å². The van der Waals surface area contributed by atoms with Gasteiger partial charge in [-0.15, -0.1) is 0 Å². The van der Waals surface area contributed by atoms with E-state index in [0.29, 0.717) is 18.1 Å². The van der Waals surface area contributed by atoms with E-state index in [-0.39, 0.29) is 6.03 Å². The molecule has 2 rings (SSSR count). The Hall–Kier alpha value is -2.07. The number of carbonyl (C=O) groups excluding carboxylic acids is 1. The van der Waals surface area contributed by atoms with Gasteiger partial charge in [-0.2, -0.15) is 0 Å². The lowest BCUT2D eigenvalue weighted by atomic mass is 10.2. The molecule has 0 saturated carbocycles. The number of likely N-dealkylation sites (N-methyl/N-ethyl adjacent to an activating group) is 1. The van der Waals surface area contributed by atoms with Gasteiger partial charge in [0.2, 0.25) is 0 Å². The molecule has 2 amide bonds. The third-order valence-electron chi connectivity index (χ3n) is 3.18. The summed E-state index contributed by atoms with van der Waals surface area (Å²) in [6, 6.07) is 10.9. The lowest BCUT2D eigenvalue weighted by Gasteiger charge is -2.21. The smallest absolute Gasteiger partial charge is 0.321 e. The molecule has 0 saturated heterocycles.